The Bertz CT molecular complexity index is 502. The number of quaternary nitrogens is 1. The molecule has 0 unspecified atom stereocenters. The summed E-state index contributed by atoms with van der Waals surface area (Å²) in [5, 5.41) is 9.53. The number of methoxy groups -OCH3 is 2. The summed E-state index contributed by atoms with van der Waals surface area (Å²) in [4.78, 5) is 0. The minimum atomic E-state index is 0.270. The molecule has 0 aromatic heterocycles. The van der Waals surface area contributed by atoms with E-state index in [-0.39, 0.29) is 6.61 Å². The average Bonchev–Trinajstić information content (AvgIpc) is 2.41. The molecule has 2 aliphatic heterocycles. The minimum Gasteiger partial charge on any atom is -0.493 e. The van der Waals surface area contributed by atoms with Gasteiger partial charge in [0.1, 0.15) is 6.04 Å². The summed E-state index contributed by atoms with van der Waals surface area (Å²) in [5.74, 6) is 1.97. The quantitative estimate of drug-likeness (QED) is 0.838. The fraction of sp³-hybridized carbons (Fsp3) is 0.600. The molecule has 104 valence electrons. The van der Waals surface area contributed by atoms with E-state index in [1.807, 2.05) is 0 Å². The molecule has 1 saturated heterocycles. The van der Waals surface area contributed by atoms with Crippen molar-refractivity contribution in [3.8, 4) is 11.5 Å². The zero-order chi connectivity index (χ0) is 13.6. The van der Waals surface area contributed by atoms with Crippen LogP contribution in [0, 0.1) is 5.92 Å². The van der Waals surface area contributed by atoms with Crippen LogP contribution in [-0.4, -0.2) is 50.6 Å². The number of fused-ring (bicyclic) bond motifs is 3. The monoisotopic (exact) mass is 264 g/mol. The number of hydrogen-bond donors (Lipinski definition) is 1. The Balaban J connectivity index is 2.06. The van der Waals surface area contributed by atoms with Crippen LogP contribution in [0.3, 0.4) is 0 Å². The van der Waals surface area contributed by atoms with Gasteiger partial charge in [0, 0.05) is 12.0 Å². The number of rotatable bonds is 3. The number of likely N-dealkylation sites (N-methyl/N-ethyl adjacent to an activating group) is 1. The van der Waals surface area contributed by atoms with Crippen LogP contribution >= 0.6 is 0 Å². The van der Waals surface area contributed by atoms with Crippen molar-refractivity contribution in [1.82, 2.24) is 0 Å². The van der Waals surface area contributed by atoms with Gasteiger partial charge in [-0.15, -0.1) is 0 Å². The zero-order valence-corrected chi connectivity index (χ0v) is 11.8. The first-order valence-electron chi connectivity index (χ1n) is 6.83. The SMILES string of the molecule is COc1cc2c(cc1OC)[C@H]1[C@H](CO)C[N@@+]1(C)CC2. The molecule has 1 N–H and O–H groups in total. The van der Waals surface area contributed by atoms with E-state index in [1.165, 1.54) is 11.1 Å². The molecule has 4 heteroatoms. The van der Waals surface area contributed by atoms with Crippen LogP contribution < -0.4 is 9.47 Å². The molecule has 3 rings (SSSR count). The summed E-state index contributed by atoms with van der Waals surface area (Å²) in [5.41, 5.74) is 2.67. The second-order valence-electron chi connectivity index (χ2n) is 5.93. The van der Waals surface area contributed by atoms with Gasteiger partial charge in [0.05, 0.1) is 46.9 Å². The van der Waals surface area contributed by atoms with E-state index in [2.05, 4.69) is 19.2 Å². The van der Waals surface area contributed by atoms with E-state index < -0.39 is 0 Å². The van der Waals surface area contributed by atoms with Gasteiger partial charge >= 0.3 is 0 Å². The molecule has 3 atom stereocenters. The highest BCUT2D eigenvalue weighted by atomic mass is 16.5. The lowest BCUT2D eigenvalue weighted by Crippen LogP contribution is -2.66. The van der Waals surface area contributed by atoms with Crippen molar-refractivity contribution in [3.05, 3.63) is 23.3 Å². The number of aliphatic hydroxyl groups is 1. The molecule has 1 fully saturated rings. The van der Waals surface area contributed by atoms with E-state index in [9.17, 15) is 5.11 Å². The molecule has 0 bridgehead atoms. The van der Waals surface area contributed by atoms with Crippen LogP contribution in [0.2, 0.25) is 0 Å². The number of nitrogens with zero attached hydrogens (tertiary/aromatic N) is 1. The molecule has 0 aliphatic carbocycles. The van der Waals surface area contributed by atoms with Crippen LogP contribution in [0.25, 0.3) is 0 Å². The Labute approximate surface area is 114 Å². The predicted molar refractivity (Wildman–Crippen MR) is 72.5 cm³/mol. The number of hydrogen-bond acceptors (Lipinski definition) is 3. The van der Waals surface area contributed by atoms with E-state index in [4.69, 9.17) is 9.47 Å². The number of benzene rings is 1. The third kappa shape index (κ3) is 1.74. The number of aliphatic hydroxyl groups excluding tert-OH is 1. The van der Waals surface area contributed by atoms with Gasteiger partial charge < -0.3 is 19.1 Å². The highest BCUT2D eigenvalue weighted by Gasteiger charge is 2.54. The van der Waals surface area contributed by atoms with Gasteiger partial charge in [0.2, 0.25) is 0 Å². The maximum atomic E-state index is 9.53. The van der Waals surface area contributed by atoms with Crippen LogP contribution in [-0.2, 0) is 6.42 Å². The van der Waals surface area contributed by atoms with Gasteiger partial charge in [0.15, 0.2) is 11.5 Å². The topological polar surface area (TPSA) is 38.7 Å². The Morgan fingerprint density at radius 1 is 1.26 bits per heavy atom. The van der Waals surface area contributed by atoms with Gasteiger partial charge in [-0.2, -0.15) is 0 Å². The molecule has 1 aromatic rings. The lowest BCUT2D eigenvalue weighted by atomic mass is 9.75. The van der Waals surface area contributed by atoms with Crippen molar-refractivity contribution in [2.45, 2.75) is 12.5 Å². The summed E-state index contributed by atoms with van der Waals surface area (Å²) in [6.45, 7) is 2.49. The maximum absolute atomic E-state index is 9.53. The van der Waals surface area contributed by atoms with Crippen LogP contribution in [0.1, 0.15) is 17.2 Å². The molecule has 19 heavy (non-hydrogen) atoms. The standard InChI is InChI=1S/C15H22NO3/c1-16-5-4-10-6-13(18-2)14(19-3)7-12(10)15(16)11(8-16)9-17/h6-7,11,15,17H,4-5,8-9H2,1-3H3/q+1/t11-,15+,16+/m0/s1. The summed E-state index contributed by atoms with van der Waals surface area (Å²) in [6, 6.07) is 4.62. The van der Waals surface area contributed by atoms with E-state index in [0.717, 1.165) is 35.5 Å². The Morgan fingerprint density at radius 3 is 2.58 bits per heavy atom. The highest BCUT2D eigenvalue weighted by Crippen LogP contribution is 2.50. The van der Waals surface area contributed by atoms with E-state index >= 15 is 0 Å². The Kier molecular flexibility index (Phi) is 2.95. The lowest BCUT2D eigenvalue weighted by molar-refractivity contribution is -0.992. The first-order valence-corrected chi connectivity index (χ1v) is 6.83. The van der Waals surface area contributed by atoms with Crippen LogP contribution in [0.4, 0.5) is 0 Å². The zero-order valence-electron chi connectivity index (χ0n) is 11.8. The van der Waals surface area contributed by atoms with Gasteiger partial charge in [-0.3, -0.25) is 0 Å². The van der Waals surface area contributed by atoms with Gasteiger partial charge in [0.25, 0.3) is 0 Å². The summed E-state index contributed by atoms with van der Waals surface area (Å²) < 4.78 is 11.8. The smallest absolute Gasteiger partial charge is 0.161 e. The van der Waals surface area contributed by atoms with Crippen molar-refractivity contribution in [2.75, 3.05) is 41.0 Å². The first-order chi connectivity index (χ1) is 9.12. The molecular formula is C15H22NO3+. The molecule has 1 aromatic carbocycles. The van der Waals surface area contributed by atoms with Gasteiger partial charge in [-0.05, 0) is 17.7 Å². The van der Waals surface area contributed by atoms with E-state index in [1.54, 1.807) is 14.2 Å². The largest absolute Gasteiger partial charge is 0.493 e. The predicted octanol–water partition coefficient (Wildman–Crippen LogP) is 1.37. The maximum Gasteiger partial charge on any atom is 0.161 e. The number of ether oxygens (including phenoxy) is 2. The second-order valence-corrected chi connectivity index (χ2v) is 5.93. The lowest BCUT2D eigenvalue weighted by Gasteiger charge is -2.57. The third-order valence-corrected chi connectivity index (χ3v) is 4.86. The van der Waals surface area contributed by atoms with Crippen molar-refractivity contribution < 1.29 is 19.1 Å². The van der Waals surface area contributed by atoms with E-state index in [0.29, 0.717) is 12.0 Å². The molecular weight excluding hydrogens is 242 g/mol. The molecule has 2 aliphatic rings. The van der Waals surface area contributed by atoms with Gasteiger partial charge in [-0.1, -0.05) is 0 Å². The molecule has 0 radical (unpaired) electrons. The molecule has 0 saturated carbocycles. The van der Waals surface area contributed by atoms with Crippen molar-refractivity contribution in [3.63, 3.8) is 0 Å². The summed E-state index contributed by atoms with van der Waals surface area (Å²) >= 11 is 0. The normalized spacial score (nSPS) is 32.0. The minimum absolute atomic E-state index is 0.270. The molecule has 0 spiro atoms. The van der Waals surface area contributed by atoms with Crippen molar-refractivity contribution in [2.24, 2.45) is 5.92 Å². The third-order valence-electron chi connectivity index (χ3n) is 4.86. The van der Waals surface area contributed by atoms with Crippen LogP contribution in [0.5, 0.6) is 11.5 Å². The van der Waals surface area contributed by atoms with Crippen LogP contribution in [0.15, 0.2) is 12.1 Å². The van der Waals surface area contributed by atoms with Gasteiger partial charge in [-0.25, -0.2) is 0 Å². The Morgan fingerprint density at radius 2 is 1.95 bits per heavy atom. The first kappa shape index (κ1) is 12.8. The van der Waals surface area contributed by atoms with Crippen molar-refractivity contribution >= 4 is 0 Å². The van der Waals surface area contributed by atoms with Crippen molar-refractivity contribution in [1.29, 1.82) is 0 Å². The fourth-order valence-electron chi connectivity index (χ4n) is 3.90. The molecule has 0 amide bonds. The second kappa shape index (κ2) is 4.39. The Hall–Kier alpha value is -1.26. The summed E-state index contributed by atoms with van der Waals surface area (Å²) in [6.07, 6.45) is 1.07. The molecule has 2 heterocycles. The molecule has 4 nitrogen and oxygen atoms in total. The fourth-order valence-corrected chi connectivity index (χ4v) is 3.90. The highest BCUT2D eigenvalue weighted by molar-refractivity contribution is 5.49. The summed E-state index contributed by atoms with van der Waals surface area (Å²) in [7, 11) is 5.63. The average molecular weight is 264 g/mol.